The number of methoxy groups -OCH3 is 1. The summed E-state index contributed by atoms with van der Waals surface area (Å²) in [5.74, 6) is 0.522. The highest BCUT2D eigenvalue weighted by atomic mass is 79.9. The summed E-state index contributed by atoms with van der Waals surface area (Å²) in [6.07, 6.45) is 5.11. The molecule has 0 saturated heterocycles. The van der Waals surface area contributed by atoms with E-state index in [2.05, 4.69) is 26.5 Å². The number of benzene rings is 2. The molecular formula is C17H15BrN2O2. The molecule has 0 aromatic heterocycles. The molecule has 0 unspecified atom stereocenters. The lowest BCUT2D eigenvalue weighted by Crippen LogP contribution is -2.17. The number of amides is 1. The minimum absolute atomic E-state index is 0.261. The quantitative estimate of drug-likeness (QED) is 0.651. The lowest BCUT2D eigenvalue weighted by molar-refractivity contribution is 0.0955. The van der Waals surface area contributed by atoms with Crippen LogP contribution in [0.2, 0.25) is 0 Å². The maximum absolute atomic E-state index is 11.8. The molecule has 5 heteroatoms. The number of para-hydroxylation sites is 1. The summed E-state index contributed by atoms with van der Waals surface area (Å²) in [6, 6.07) is 14.8. The Morgan fingerprint density at radius 3 is 2.82 bits per heavy atom. The van der Waals surface area contributed by atoms with E-state index in [9.17, 15) is 4.79 Å². The third kappa shape index (κ3) is 4.56. The normalized spacial score (nSPS) is 11.0. The van der Waals surface area contributed by atoms with E-state index in [1.807, 2.05) is 36.4 Å². The van der Waals surface area contributed by atoms with E-state index in [4.69, 9.17) is 4.74 Å². The Labute approximate surface area is 137 Å². The van der Waals surface area contributed by atoms with Gasteiger partial charge in [-0.05, 0) is 36.4 Å². The molecule has 0 bridgehead atoms. The molecule has 2 aromatic carbocycles. The lowest BCUT2D eigenvalue weighted by atomic mass is 10.2. The number of allylic oxidation sites excluding steroid dienone is 1. The minimum Gasteiger partial charge on any atom is -0.496 e. The molecule has 112 valence electrons. The van der Waals surface area contributed by atoms with Gasteiger partial charge in [0.1, 0.15) is 5.75 Å². The van der Waals surface area contributed by atoms with E-state index in [1.165, 1.54) is 6.21 Å². The molecule has 0 aliphatic heterocycles. The molecule has 2 rings (SSSR count). The summed E-state index contributed by atoms with van der Waals surface area (Å²) >= 11 is 3.32. The van der Waals surface area contributed by atoms with Gasteiger partial charge in [0.15, 0.2) is 0 Å². The van der Waals surface area contributed by atoms with Crippen molar-refractivity contribution in [2.45, 2.75) is 0 Å². The van der Waals surface area contributed by atoms with Gasteiger partial charge in [-0.1, -0.05) is 40.2 Å². The molecule has 22 heavy (non-hydrogen) atoms. The van der Waals surface area contributed by atoms with Crippen LogP contribution in [-0.2, 0) is 0 Å². The maximum atomic E-state index is 11.8. The number of hydrogen-bond acceptors (Lipinski definition) is 3. The van der Waals surface area contributed by atoms with Crippen molar-refractivity contribution >= 4 is 34.1 Å². The van der Waals surface area contributed by atoms with Crippen molar-refractivity contribution in [3.8, 4) is 5.75 Å². The fraction of sp³-hybridized carbons (Fsp3) is 0.0588. The van der Waals surface area contributed by atoms with Gasteiger partial charge < -0.3 is 4.74 Å². The van der Waals surface area contributed by atoms with Gasteiger partial charge in [0.2, 0.25) is 0 Å². The van der Waals surface area contributed by atoms with Gasteiger partial charge in [-0.2, -0.15) is 5.10 Å². The second-order valence-electron chi connectivity index (χ2n) is 4.33. The summed E-state index contributed by atoms with van der Waals surface area (Å²) in [4.78, 5) is 11.8. The molecule has 0 atom stereocenters. The summed E-state index contributed by atoms with van der Waals surface area (Å²) in [6.45, 7) is 0. The first-order valence-corrected chi connectivity index (χ1v) is 7.38. The zero-order chi connectivity index (χ0) is 15.8. The van der Waals surface area contributed by atoms with Gasteiger partial charge in [-0.3, -0.25) is 4.79 Å². The van der Waals surface area contributed by atoms with Gasteiger partial charge in [-0.25, -0.2) is 5.43 Å². The molecular weight excluding hydrogens is 344 g/mol. The fourth-order valence-electron chi connectivity index (χ4n) is 1.78. The molecule has 0 radical (unpaired) electrons. The Morgan fingerprint density at radius 2 is 2.05 bits per heavy atom. The topological polar surface area (TPSA) is 50.7 Å². The summed E-state index contributed by atoms with van der Waals surface area (Å²) in [5, 5.41) is 3.88. The van der Waals surface area contributed by atoms with Crippen LogP contribution in [0, 0.1) is 0 Å². The Kier molecular flexibility index (Phi) is 5.91. The van der Waals surface area contributed by atoms with Crippen LogP contribution in [0.3, 0.4) is 0 Å². The van der Waals surface area contributed by atoms with Crippen molar-refractivity contribution in [2.24, 2.45) is 5.10 Å². The standard InChI is InChI=1S/C17H15BrN2O2/c1-22-16-10-3-2-6-13(16)8-5-11-19-20-17(21)14-7-4-9-15(18)12-14/h2-12H,1H3,(H,20,21)/b8-5+,19-11-. The zero-order valence-corrected chi connectivity index (χ0v) is 13.6. The molecule has 1 amide bonds. The SMILES string of the molecule is COc1ccccc1/C=C/C=N\NC(=O)c1cccc(Br)c1. The van der Waals surface area contributed by atoms with Crippen LogP contribution in [0.4, 0.5) is 0 Å². The van der Waals surface area contributed by atoms with E-state index >= 15 is 0 Å². The lowest BCUT2D eigenvalue weighted by Gasteiger charge is -2.02. The van der Waals surface area contributed by atoms with Crippen LogP contribution >= 0.6 is 15.9 Å². The molecule has 1 N–H and O–H groups in total. The van der Waals surface area contributed by atoms with E-state index < -0.39 is 0 Å². The molecule has 0 aliphatic carbocycles. The molecule has 4 nitrogen and oxygen atoms in total. The van der Waals surface area contributed by atoms with E-state index in [0.717, 1.165) is 15.8 Å². The van der Waals surface area contributed by atoms with Crippen LogP contribution in [0.25, 0.3) is 6.08 Å². The number of carbonyl (C=O) groups excluding carboxylic acids is 1. The maximum Gasteiger partial charge on any atom is 0.271 e. The van der Waals surface area contributed by atoms with E-state index in [-0.39, 0.29) is 5.91 Å². The average Bonchev–Trinajstić information content (AvgIpc) is 2.54. The first kappa shape index (κ1) is 16.0. The number of carbonyl (C=O) groups is 1. The third-order valence-corrected chi connectivity index (χ3v) is 3.32. The van der Waals surface area contributed by atoms with Crippen LogP contribution in [-0.4, -0.2) is 19.2 Å². The monoisotopic (exact) mass is 358 g/mol. The van der Waals surface area contributed by atoms with Gasteiger partial charge in [0, 0.05) is 21.8 Å². The molecule has 0 aliphatic rings. The van der Waals surface area contributed by atoms with Gasteiger partial charge >= 0.3 is 0 Å². The van der Waals surface area contributed by atoms with Crippen LogP contribution in [0.1, 0.15) is 15.9 Å². The largest absolute Gasteiger partial charge is 0.496 e. The van der Waals surface area contributed by atoms with Gasteiger partial charge in [0.25, 0.3) is 5.91 Å². The van der Waals surface area contributed by atoms with Crippen molar-refractivity contribution in [2.75, 3.05) is 7.11 Å². The Balaban J connectivity index is 1.93. The van der Waals surface area contributed by atoms with Gasteiger partial charge in [-0.15, -0.1) is 0 Å². The van der Waals surface area contributed by atoms with Crippen molar-refractivity contribution in [1.29, 1.82) is 0 Å². The fourth-order valence-corrected chi connectivity index (χ4v) is 2.18. The van der Waals surface area contributed by atoms with E-state index in [0.29, 0.717) is 5.56 Å². The summed E-state index contributed by atoms with van der Waals surface area (Å²) in [5.41, 5.74) is 3.95. The molecule has 0 fully saturated rings. The van der Waals surface area contributed by atoms with Crippen molar-refractivity contribution in [3.05, 3.63) is 70.2 Å². The highest BCUT2D eigenvalue weighted by Crippen LogP contribution is 2.18. The average molecular weight is 359 g/mol. The van der Waals surface area contributed by atoms with Crippen LogP contribution < -0.4 is 10.2 Å². The van der Waals surface area contributed by atoms with E-state index in [1.54, 1.807) is 31.4 Å². The number of hydrogen-bond donors (Lipinski definition) is 1. The second-order valence-corrected chi connectivity index (χ2v) is 5.25. The first-order valence-electron chi connectivity index (χ1n) is 6.59. The Hall–Kier alpha value is -2.40. The highest BCUT2D eigenvalue weighted by Gasteiger charge is 2.03. The third-order valence-electron chi connectivity index (χ3n) is 2.83. The van der Waals surface area contributed by atoms with Crippen molar-refractivity contribution < 1.29 is 9.53 Å². The van der Waals surface area contributed by atoms with Crippen molar-refractivity contribution in [3.63, 3.8) is 0 Å². The summed E-state index contributed by atoms with van der Waals surface area (Å²) in [7, 11) is 1.62. The number of ether oxygens (including phenoxy) is 1. The number of nitrogens with zero attached hydrogens (tertiary/aromatic N) is 1. The van der Waals surface area contributed by atoms with Crippen LogP contribution in [0.5, 0.6) is 5.75 Å². The number of hydrazone groups is 1. The minimum atomic E-state index is -0.261. The number of halogens is 1. The highest BCUT2D eigenvalue weighted by molar-refractivity contribution is 9.10. The predicted molar refractivity (Wildman–Crippen MR) is 92.1 cm³/mol. The second kappa shape index (κ2) is 8.14. The molecule has 0 spiro atoms. The predicted octanol–water partition coefficient (Wildman–Crippen LogP) is 3.89. The smallest absolute Gasteiger partial charge is 0.271 e. The number of nitrogens with one attached hydrogen (secondary N) is 1. The van der Waals surface area contributed by atoms with Crippen molar-refractivity contribution in [1.82, 2.24) is 5.43 Å². The molecule has 0 saturated carbocycles. The Morgan fingerprint density at radius 1 is 1.23 bits per heavy atom. The van der Waals surface area contributed by atoms with Gasteiger partial charge in [0.05, 0.1) is 7.11 Å². The molecule has 0 heterocycles. The molecule has 2 aromatic rings. The Bertz CT molecular complexity index is 711. The van der Waals surface area contributed by atoms with Crippen LogP contribution in [0.15, 0.2) is 64.2 Å². The number of rotatable bonds is 5. The first-order chi connectivity index (χ1) is 10.7. The summed E-state index contributed by atoms with van der Waals surface area (Å²) < 4.78 is 6.09. The zero-order valence-electron chi connectivity index (χ0n) is 12.0.